The third kappa shape index (κ3) is 8.53. The van der Waals surface area contributed by atoms with Crippen LogP contribution in [0.15, 0.2) is 132 Å². The Morgan fingerprint density at radius 3 is 1.50 bits per heavy atom. The summed E-state index contributed by atoms with van der Waals surface area (Å²) in [6.45, 7) is 6.70. The summed E-state index contributed by atoms with van der Waals surface area (Å²) in [5.74, 6) is 0. The summed E-state index contributed by atoms with van der Waals surface area (Å²) in [7, 11) is 0. The molecule has 0 spiro atoms. The molecule has 0 aromatic heterocycles. The third-order valence-electron chi connectivity index (χ3n) is 7.09. The molecular weight excluding hydrogens is 607 g/mol. The van der Waals surface area contributed by atoms with Gasteiger partial charge in [0.15, 0.2) is 0 Å². The first kappa shape index (κ1) is 33.8. The fourth-order valence-electron chi connectivity index (χ4n) is 5.06. The predicted octanol–water partition coefficient (Wildman–Crippen LogP) is 4.17. The van der Waals surface area contributed by atoms with Gasteiger partial charge in [-0.3, -0.25) is 6.08 Å². The Hall–Kier alpha value is -2.44. The molecule has 0 bridgehead atoms. The van der Waals surface area contributed by atoms with E-state index in [4.69, 9.17) is 0 Å². The Kier molecular flexibility index (Phi) is 14.7. The van der Waals surface area contributed by atoms with Crippen molar-refractivity contribution in [3.8, 4) is 0 Å². The molecule has 1 aliphatic rings. The van der Waals surface area contributed by atoms with Gasteiger partial charge in [0.25, 0.3) is 0 Å². The molecule has 0 atom stereocenters. The van der Waals surface area contributed by atoms with Crippen LogP contribution in [0, 0.1) is 6.08 Å². The van der Waals surface area contributed by atoms with Crippen molar-refractivity contribution < 1.29 is 49.0 Å². The van der Waals surface area contributed by atoms with Crippen LogP contribution in [0.1, 0.15) is 57.6 Å². The first-order valence-electron chi connectivity index (χ1n) is 13.7. The number of allylic oxidation sites excluding steroid dienone is 4. The summed E-state index contributed by atoms with van der Waals surface area (Å²) in [4.78, 5) is 0. The molecule has 0 saturated heterocycles. The van der Waals surface area contributed by atoms with E-state index in [0.717, 1.165) is 12.8 Å². The number of rotatable bonds is 5. The summed E-state index contributed by atoms with van der Waals surface area (Å²) in [6.07, 6.45) is 8.11. The van der Waals surface area contributed by atoms with E-state index in [9.17, 15) is 0 Å². The molecule has 0 nitrogen and oxygen atoms in total. The maximum absolute atomic E-state index is 3.45. The van der Waals surface area contributed by atoms with Crippen molar-refractivity contribution in [2.75, 3.05) is 0 Å². The minimum absolute atomic E-state index is 0. The van der Waals surface area contributed by atoms with Crippen molar-refractivity contribution in [1.29, 1.82) is 0 Å². The van der Waals surface area contributed by atoms with Crippen LogP contribution in [0.4, 0.5) is 0 Å². The molecule has 0 unspecified atom stereocenters. The van der Waals surface area contributed by atoms with Crippen LogP contribution >= 0.6 is 0 Å². The van der Waals surface area contributed by atoms with Gasteiger partial charge in [0.1, 0.15) is 0 Å². The largest absolute Gasteiger partial charge is 0.126 e. The van der Waals surface area contributed by atoms with Crippen molar-refractivity contribution in [1.82, 2.24) is 0 Å². The maximum atomic E-state index is 3.45. The zero-order valence-electron chi connectivity index (χ0n) is 23.6. The Balaban J connectivity index is 0.000000207. The molecule has 0 heterocycles. The Labute approximate surface area is 267 Å². The maximum Gasteiger partial charge on any atom is -0.0771 e. The van der Waals surface area contributed by atoms with Crippen LogP contribution in [-0.2, 0) is 24.2 Å². The predicted molar refractivity (Wildman–Crippen MR) is 162 cm³/mol. The van der Waals surface area contributed by atoms with Gasteiger partial charge >= 0.3 is 99.2 Å². The molecule has 0 N–H and O–H groups in total. The van der Waals surface area contributed by atoms with E-state index in [1.165, 1.54) is 78.5 Å². The Bertz CT molecular complexity index is 1450. The van der Waals surface area contributed by atoms with E-state index in [1.54, 1.807) is 11.1 Å². The minimum Gasteiger partial charge on any atom is -0.126 e. The average molecular weight is 643 g/mol. The molecule has 0 fully saturated rings. The first-order valence-corrected chi connectivity index (χ1v) is 14.9. The second-order valence-electron chi connectivity index (χ2n) is 9.40. The summed E-state index contributed by atoms with van der Waals surface area (Å²) >= 11 is 1.46. The van der Waals surface area contributed by atoms with Gasteiger partial charge in [0, 0.05) is 0 Å². The summed E-state index contributed by atoms with van der Waals surface area (Å²) in [5, 5.41) is 5.39. The van der Waals surface area contributed by atoms with Crippen LogP contribution in [-0.4, -0.2) is 3.21 Å². The molecule has 6 rings (SSSR count). The fraction of sp³-hybridized carbons (Fsp3) is 0.189. The number of halogens is 2. The molecule has 5 aromatic carbocycles. The van der Waals surface area contributed by atoms with Crippen LogP contribution in [0.5, 0.6) is 0 Å². The van der Waals surface area contributed by atoms with Crippen molar-refractivity contribution in [2.45, 2.75) is 46.5 Å². The molecule has 5 aromatic rings. The Morgan fingerprint density at radius 1 is 0.625 bits per heavy atom. The van der Waals surface area contributed by atoms with Gasteiger partial charge in [0.05, 0.1) is 0 Å². The van der Waals surface area contributed by atoms with Gasteiger partial charge in [0.2, 0.25) is 0 Å². The first-order chi connectivity index (χ1) is 18.7. The van der Waals surface area contributed by atoms with Crippen molar-refractivity contribution in [3.05, 3.63) is 149 Å². The third-order valence-corrected chi connectivity index (χ3v) is 8.51. The average Bonchev–Trinajstić information content (AvgIpc) is 3.59. The summed E-state index contributed by atoms with van der Waals surface area (Å²) in [6, 6.07) is 40.4. The molecule has 1 aliphatic carbocycles. The van der Waals surface area contributed by atoms with Gasteiger partial charge in [-0.2, -0.15) is 11.1 Å². The smallest absolute Gasteiger partial charge is 0.0771 e. The van der Waals surface area contributed by atoms with E-state index in [2.05, 4.69) is 142 Å². The fourth-order valence-corrected chi connectivity index (χ4v) is 5.88. The van der Waals surface area contributed by atoms with E-state index in [-0.39, 0.29) is 24.8 Å². The monoisotopic (exact) mass is 640 g/mol. The molecule has 0 aliphatic heterocycles. The molecular formula is C37H36Cl2Zr-2. The van der Waals surface area contributed by atoms with Crippen molar-refractivity contribution in [2.24, 2.45) is 0 Å². The summed E-state index contributed by atoms with van der Waals surface area (Å²) in [5.41, 5.74) is 7.34. The number of benzene rings is 4. The van der Waals surface area contributed by atoms with Gasteiger partial charge in [-0.25, -0.2) is 5.57 Å². The Morgan fingerprint density at radius 2 is 1.07 bits per heavy atom. The number of fused-ring (bicyclic) bond motifs is 3. The van der Waals surface area contributed by atoms with Gasteiger partial charge < -0.3 is 24.8 Å². The SMILES string of the molecule is CCC1=[C-]CC(CC)=C1CC.[Cl-].[Cl-].[Zr+2]=[C](c1ccccc1)c1ccccc1.c1ccc2c(c1)[cH-]c1ccccc12. The van der Waals surface area contributed by atoms with E-state index < -0.39 is 0 Å². The second kappa shape index (κ2) is 17.4. The van der Waals surface area contributed by atoms with Gasteiger partial charge in [-0.15, -0.1) is 46.2 Å². The molecule has 204 valence electrons. The van der Waals surface area contributed by atoms with E-state index in [0.29, 0.717) is 0 Å². The standard InChI is InChI=1S/C13H9.C13H10.C11H17.2ClH.Zr/c1-3-7-12-10(5-1)9-11-6-2-4-8-13(11)12;1-3-7-12(8-4-1)11-13-9-5-2-6-10-13;1-4-9-7-8-10(5-2)11(9)6-3;;;/h1-9H;1-10H;4-7H2,1-3H3;2*1H;/q-1;;-1;;;+2/p-2. The van der Waals surface area contributed by atoms with Gasteiger partial charge in [-0.1, -0.05) is 76.4 Å². The van der Waals surface area contributed by atoms with Crippen LogP contribution in [0.25, 0.3) is 21.5 Å². The number of hydrogen-bond donors (Lipinski definition) is 0. The van der Waals surface area contributed by atoms with Crippen molar-refractivity contribution in [3.63, 3.8) is 0 Å². The quantitative estimate of drug-likeness (QED) is 0.253. The molecule has 3 heteroatoms. The van der Waals surface area contributed by atoms with E-state index in [1.807, 2.05) is 0 Å². The van der Waals surface area contributed by atoms with Crippen LogP contribution in [0.2, 0.25) is 0 Å². The molecule has 40 heavy (non-hydrogen) atoms. The topological polar surface area (TPSA) is 0 Å². The zero-order valence-corrected chi connectivity index (χ0v) is 27.5. The molecule has 0 amide bonds. The van der Waals surface area contributed by atoms with Crippen LogP contribution < -0.4 is 24.8 Å². The van der Waals surface area contributed by atoms with Crippen LogP contribution in [0.3, 0.4) is 0 Å². The molecule has 0 radical (unpaired) electrons. The zero-order chi connectivity index (χ0) is 26.7. The minimum atomic E-state index is 0. The number of hydrogen-bond acceptors (Lipinski definition) is 0. The van der Waals surface area contributed by atoms with E-state index >= 15 is 0 Å². The summed E-state index contributed by atoms with van der Waals surface area (Å²) < 4.78 is 1.42. The molecule has 0 saturated carbocycles. The second-order valence-corrected chi connectivity index (χ2v) is 10.6. The van der Waals surface area contributed by atoms with Gasteiger partial charge in [-0.05, 0) is 0 Å². The normalized spacial score (nSPS) is 11.9. The van der Waals surface area contributed by atoms with Crippen molar-refractivity contribution >= 4 is 24.8 Å².